The highest BCUT2D eigenvalue weighted by Gasteiger charge is 2.25. The van der Waals surface area contributed by atoms with Crippen molar-refractivity contribution in [1.82, 2.24) is 14.8 Å². The van der Waals surface area contributed by atoms with Gasteiger partial charge in [-0.3, -0.25) is 9.36 Å². The largest absolute Gasteiger partial charge is 0.484 e. The normalized spacial score (nSPS) is 17.1. The molecule has 0 radical (unpaired) electrons. The second-order valence-electron chi connectivity index (χ2n) is 6.96. The van der Waals surface area contributed by atoms with Crippen LogP contribution in [-0.2, 0) is 11.4 Å². The summed E-state index contributed by atoms with van der Waals surface area (Å²) in [5.41, 5.74) is 0.943. The first kappa shape index (κ1) is 20.0. The van der Waals surface area contributed by atoms with E-state index >= 15 is 0 Å². The number of hydrogen-bond donors (Lipinski definition) is 0. The Morgan fingerprint density at radius 2 is 1.83 bits per heavy atom. The lowest BCUT2D eigenvalue weighted by Gasteiger charge is -2.15. The maximum absolute atomic E-state index is 12.5. The Hall–Kier alpha value is -2.31. The molecule has 5 nitrogen and oxygen atoms in total. The molecule has 2 aromatic carbocycles. The molecule has 0 saturated heterocycles. The average molecular weight is 428 g/mol. The van der Waals surface area contributed by atoms with Crippen LogP contribution < -0.4 is 4.74 Å². The fourth-order valence-electron chi connectivity index (χ4n) is 3.39. The molecule has 1 saturated carbocycles. The van der Waals surface area contributed by atoms with Crippen LogP contribution in [0.4, 0.5) is 0 Å². The molecule has 29 heavy (non-hydrogen) atoms. The fourth-order valence-corrected chi connectivity index (χ4v) is 4.77. The summed E-state index contributed by atoms with van der Waals surface area (Å²) < 4.78 is 7.87. The molecular weight excluding hydrogens is 406 g/mol. The molecule has 1 heterocycles. The quantitative estimate of drug-likeness (QED) is 0.486. The smallest absolute Gasteiger partial charge is 0.196 e. The summed E-state index contributed by atoms with van der Waals surface area (Å²) in [6.45, 7) is 0.227. The molecule has 1 aliphatic carbocycles. The highest BCUT2D eigenvalue weighted by atomic mass is 35.5. The molecule has 1 aliphatic rings. The van der Waals surface area contributed by atoms with Gasteiger partial charge >= 0.3 is 0 Å². The number of carbonyl (C=O) groups excluding carboxylic acids is 1. The van der Waals surface area contributed by atoms with Crippen molar-refractivity contribution in [2.45, 2.75) is 49.1 Å². The highest BCUT2D eigenvalue weighted by Crippen LogP contribution is 2.32. The molecule has 1 fully saturated rings. The fraction of sp³-hybridized carbons (Fsp3) is 0.318. The predicted molar refractivity (Wildman–Crippen MR) is 115 cm³/mol. The van der Waals surface area contributed by atoms with Crippen molar-refractivity contribution in [3.63, 3.8) is 0 Å². The number of benzene rings is 2. The first-order valence-electron chi connectivity index (χ1n) is 9.79. The number of ketones is 1. The lowest BCUT2D eigenvalue weighted by Crippen LogP contribution is -2.16. The Morgan fingerprint density at radius 1 is 1.03 bits per heavy atom. The molecule has 0 unspecified atom stereocenters. The van der Waals surface area contributed by atoms with E-state index in [0.29, 0.717) is 34.0 Å². The van der Waals surface area contributed by atoms with Gasteiger partial charge in [-0.2, -0.15) is 0 Å². The van der Waals surface area contributed by atoms with Gasteiger partial charge in [0.2, 0.25) is 0 Å². The van der Waals surface area contributed by atoms with E-state index in [0.717, 1.165) is 31.4 Å². The maximum Gasteiger partial charge on any atom is 0.196 e. The predicted octanol–water partition coefficient (Wildman–Crippen LogP) is 5.49. The third-order valence-electron chi connectivity index (χ3n) is 4.90. The Balaban J connectivity index is 1.62. The molecule has 3 aromatic rings. The van der Waals surface area contributed by atoms with Gasteiger partial charge in [-0.25, -0.2) is 0 Å². The van der Waals surface area contributed by atoms with Crippen LogP contribution >= 0.6 is 23.4 Å². The van der Waals surface area contributed by atoms with Gasteiger partial charge in [-0.1, -0.05) is 66.5 Å². The number of carbonyl (C=O) groups is 1. The zero-order valence-electron chi connectivity index (χ0n) is 16.0. The summed E-state index contributed by atoms with van der Waals surface area (Å²) in [6.07, 6.45) is 4.71. The minimum absolute atomic E-state index is 0.0681. The van der Waals surface area contributed by atoms with Crippen LogP contribution in [-0.4, -0.2) is 25.8 Å². The van der Waals surface area contributed by atoms with Gasteiger partial charge in [0.05, 0.1) is 10.3 Å². The minimum Gasteiger partial charge on any atom is -0.484 e. The monoisotopic (exact) mass is 427 g/mol. The Kier molecular flexibility index (Phi) is 6.52. The third-order valence-corrected chi connectivity index (χ3v) is 6.47. The van der Waals surface area contributed by atoms with Crippen LogP contribution in [0.1, 0.15) is 37.9 Å². The highest BCUT2D eigenvalue weighted by molar-refractivity contribution is 8.00. The maximum atomic E-state index is 12.5. The number of nitrogens with zero attached hydrogens (tertiary/aromatic N) is 3. The van der Waals surface area contributed by atoms with Crippen LogP contribution in [0.25, 0.3) is 5.69 Å². The van der Waals surface area contributed by atoms with Crippen LogP contribution in [0.2, 0.25) is 5.02 Å². The second-order valence-corrected chi connectivity index (χ2v) is 8.54. The molecule has 4 rings (SSSR count). The first-order valence-corrected chi connectivity index (χ1v) is 11.0. The van der Waals surface area contributed by atoms with Gasteiger partial charge in [0.1, 0.15) is 18.1 Å². The summed E-state index contributed by atoms with van der Waals surface area (Å²) in [4.78, 5) is 12.5. The lowest BCUT2D eigenvalue weighted by molar-refractivity contribution is -0.118. The number of hydrogen-bond acceptors (Lipinski definition) is 5. The van der Waals surface area contributed by atoms with Crippen molar-refractivity contribution in [3.05, 3.63) is 65.4 Å². The van der Waals surface area contributed by atoms with Crippen LogP contribution in [0.3, 0.4) is 0 Å². The number of thioether (sulfide) groups is 1. The van der Waals surface area contributed by atoms with E-state index in [1.165, 1.54) is 11.8 Å². The minimum atomic E-state index is -0.0681. The van der Waals surface area contributed by atoms with E-state index in [1.807, 2.05) is 53.1 Å². The number of ether oxygens (including phenoxy) is 1. The van der Waals surface area contributed by atoms with Gasteiger partial charge in [0, 0.05) is 12.1 Å². The van der Waals surface area contributed by atoms with E-state index in [4.69, 9.17) is 16.3 Å². The van der Waals surface area contributed by atoms with Crippen molar-refractivity contribution in [3.8, 4) is 11.4 Å². The van der Waals surface area contributed by atoms with E-state index in [2.05, 4.69) is 10.2 Å². The number of aromatic nitrogens is 3. The zero-order valence-corrected chi connectivity index (χ0v) is 17.5. The molecule has 0 aliphatic heterocycles. The first-order chi connectivity index (χ1) is 14.2. The van der Waals surface area contributed by atoms with Gasteiger partial charge in [0.25, 0.3) is 0 Å². The van der Waals surface area contributed by atoms with Crippen LogP contribution in [0.5, 0.6) is 5.75 Å². The Bertz CT molecular complexity index is 977. The summed E-state index contributed by atoms with van der Waals surface area (Å²) in [7, 11) is 0. The molecule has 0 bridgehead atoms. The van der Waals surface area contributed by atoms with Crippen molar-refractivity contribution in [2.24, 2.45) is 0 Å². The summed E-state index contributed by atoms with van der Waals surface area (Å²) in [5.74, 6) is 1.58. The van der Waals surface area contributed by atoms with Crippen LogP contribution in [0, 0.1) is 0 Å². The van der Waals surface area contributed by atoms with Gasteiger partial charge in [-0.15, -0.1) is 10.2 Å². The number of Topliss-reactive ketones (excluding diaryl/α,β-unsaturated/α-hetero) is 1. The number of halogens is 1. The molecule has 1 atom stereocenters. The van der Waals surface area contributed by atoms with Crippen molar-refractivity contribution in [2.75, 3.05) is 0 Å². The Labute approximate surface area is 179 Å². The van der Waals surface area contributed by atoms with Gasteiger partial charge < -0.3 is 4.74 Å². The van der Waals surface area contributed by atoms with Crippen molar-refractivity contribution < 1.29 is 9.53 Å². The molecule has 0 amide bonds. The SMILES string of the molecule is O=C1CCCCC[C@@H]1Sc1nnc(COc2ccccc2Cl)n1-c1ccccc1. The summed E-state index contributed by atoms with van der Waals surface area (Å²) in [5, 5.41) is 9.96. The topological polar surface area (TPSA) is 57.0 Å². The average Bonchev–Trinajstić information content (AvgIpc) is 3.03. The third kappa shape index (κ3) is 4.82. The lowest BCUT2D eigenvalue weighted by atomic mass is 10.2. The van der Waals surface area contributed by atoms with Crippen molar-refractivity contribution >= 4 is 29.1 Å². The van der Waals surface area contributed by atoms with E-state index in [1.54, 1.807) is 6.07 Å². The van der Waals surface area contributed by atoms with E-state index < -0.39 is 0 Å². The molecule has 0 spiro atoms. The summed E-state index contributed by atoms with van der Waals surface area (Å²) >= 11 is 7.71. The number of rotatable bonds is 6. The molecular formula is C22H22ClN3O2S. The van der Waals surface area contributed by atoms with Crippen molar-refractivity contribution in [1.29, 1.82) is 0 Å². The number of para-hydroxylation sites is 2. The molecule has 1 aromatic heterocycles. The van der Waals surface area contributed by atoms with Crippen LogP contribution in [0.15, 0.2) is 59.8 Å². The Morgan fingerprint density at radius 3 is 2.66 bits per heavy atom. The molecule has 7 heteroatoms. The second kappa shape index (κ2) is 9.46. The standard InChI is InChI=1S/C22H22ClN3O2S/c23-17-11-7-8-13-19(17)28-15-21-24-25-22(26(21)16-9-3-1-4-10-16)29-20-14-6-2-5-12-18(20)27/h1,3-4,7-11,13,20H,2,5-6,12,14-15H2/t20-/m0/s1. The van der Waals surface area contributed by atoms with E-state index in [9.17, 15) is 4.79 Å². The molecule has 150 valence electrons. The zero-order chi connectivity index (χ0) is 20.1. The van der Waals surface area contributed by atoms with Gasteiger partial charge in [0.15, 0.2) is 11.0 Å². The summed E-state index contributed by atoms with van der Waals surface area (Å²) in [6, 6.07) is 17.3. The molecule has 0 N–H and O–H groups in total. The van der Waals surface area contributed by atoms with Gasteiger partial charge in [-0.05, 0) is 37.1 Å². The van der Waals surface area contributed by atoms with E-state index in [-0.39, 0.29) is 11.9 Å².